The summed E-state index contributed by atoms with van der Waals surface area (Å²) in [5.74, 6) is -0.476. The number of aryl methyl sites for hydroxylation is 2. The van der Waals surface area contributed by atoms with Crippen LogP contribution in [0.15, 0.2) is 39.8 Å². The molecule has 1 saturated heterocycles. The molecule has 8 nitrogen and oxygen atoms in total. The Kier molecular flexibility index (Phi) is 6.17. The predicted molar refractivity (Wildman–Crippen MR) is 102 cm³/mol. The number of sulfonamides is 1. The molecule has 2 N–H and O–H groups in total. The number of rotatable bonds is 6. The number of piperidine rings is 1. The Morgan fingerprint density at radius 2 is 2.07 bits per heavy atom. The van der Waals surface area contributed by atoms with E-state index in [1.165, 1.54) is 4.31 Å². The fourth-order valence-electron chi connectivity index (χ4n) is 3.48. The van der Waals surface area contributed by atoms with E-state index in [0.29, 0.717) is 30.6 Å². The van der Waals surface area contributed by atoms with Crippen LogP contribution in [0.2, 0.25) is 0 Å². The summed E-state index contributed by atoms with van der Waals surface area (Å²) in [6.45, 7) is 3.67. The highest BCUT2D eigenvalue weighted by Gasteiger charge is 2.36. The van der Waals surface area contributed by atoms with Gasteiger partial charge in [-0.25, -0.2) is 8.42 Å². The Hall–Kier alpha value is -2.23. The van der Waals surface area contributed by atoms with Gasteiger partial charge in [0.15, 0.2) is 5.76 Å². The zero-order chi connectivity index (χ0) is 20.3. The topological polar surface area (TPSA) is 113 Å². The van der Waals surface area contributed by atoms with Crippen LogP contribution in [0.25, 0.3) is 0 Å². The lowest BCUT2D eigenvalue weighted by molar-refractivity contribution is -0.126. The predicted octanol–water partition coefficient (Wildman–Crippen LogP) is 1.54. The summed E-state index contributed by atoms with van der Waals surface area (Å²) in [6, 6.07) is 9.06. The first-order chi connectivity index (χ1) is 13.3. The van der Waals surface area contributed by atoms with E-state index >= 15 is 0 Å². The molecule has 0 bridgehead atoms. The first-order valence-corrected chi connectivity index (χ1v) is 10.7. The normalized spacial score (nSPS) is 19.3. The van der Waals surface area contributed by atoms with Crippen LogP contribution in [0.1, 0.15) is 36.0 Å². The van der Waals surface area contributed by atoms with E-state index in [1.807, 2.05) is 18.2 Å². The van der Waals surface area contributed by atoms with E-state index in [-0.39, 0.29) is 29.7 Å². The van der Waals surface area contributed by atoms with E-state index in [4.69, 9.17) is 4.52 Å². The number of aliphatic hydroxyl groups excluding tert-OH is 1. The number of carbonyl (C=O) groups is 1. The molecular formula is C19H25N3O5S. The highest BCUT2D eigenvalue weighted by molar-refractivity contribution is 7.89. The van der Waals surface area contributed by atoms with Crippen LogP contribution < -0.4 is 5.32 Å². The third-order valence-corrected chi connectivity index (χ3v) is 7.08. The largest absolute Gasteiger partial charge is 0.387 e. The minimum atomic E-state index is -3.77. The molecule has 3 rings (SSSR count). The van der Waals surface area contributed by atoms with Crippen molar-refractivity contribution >= 4 is 15.9 Å². The van der Waals surface area contributed by atoms with Crippen LogP contribution in [0.3, 0.4) is 0 Å². The molecule has 152 valence electrons. The monoisotopic (exact) mass is 407 g/mol. The van der Waals surface area contributed by atoms with Gasteiger partial charge in [-0.2, -0.15) is 4.31 Å². The smallest absolute Gasteiger partial charge is 0.248 e. The van der Waals surface area contributed by atoms with Crippen molar-refractivity contribution in [3.05, 3.63) is 47.3 Å². The van der Waals surface area contributed by atoms with Crippen molar-refractivity contribution in [2.75, 3.05) is 19.6 Å². The average Bonchev–Trinajstić information content (AvgIpc) is 3.05. The lowest BCUT2D eigenvalue weighted by Crippen LogP contribution is -2.46. The van der Waals surface area contributed by atoms with Gasteiger partial charge in [0.2, 0.25) is 15.9 Å². The van der Waals surface area contributed by atoms with E-state index in [2.05, 4.69) is 10.5 Å². The molecular weight excluding hydrogens is 382 g/mol. The summed E-state index contributed by atoms with van der Waals surface area (Å²) in [6.07, 6.45) is 0.374. The minimum Gasteiger partial charge on any atom is -0.387 e. The summed E-state index contributed by atoms with van der Waals surface area (Å²) >= 11 is 0. The molecule has 1 fully saturated rings. The molecule has 2 heterocycles. The lowest BCUT2D eigenvalue weighted by atomic mass is 9.98. The highest BCUT2D eigenvalue weighted by Crippen LogP contribution is 2.27. The van der Waals surface area contributed by atoms with Gasteiger partial charge >= 0.3 is 0 Å². The Balaban J connectivity index is 1.64. The second kappa shape index (κ2) is 8.42. The summed E-state index contributed by atoms with van der Waals surface area (Å²) < 4.78 is 32.2. The Morgan fingerprint density at radius 1 is 1.36 bits per heavy atom. The van der Waals surface area contributed by atoms with Gasteiger partial charge in [-0.3, -0.25) is 4.79 Å². The van der Waals surface area contributed by atoms with Crippen LogP contribution in [-0.2, 0) is 14.8 Å². The molecule has 1 aromatic heterocycles. The number of carbonyl (C=O) groups excluding carboxylic acids is 1. The van der Waals surface area contributed by atoms with Crippen LogP contribution >= 0.6 is 0 Å². The molecule has 0 spiro atoms. The zero-order valence-corrected chi connectivity index (χ0v) is 16.8. The number of hydrogen-bond donors (Lipinski definition) is 2. The van der Waals surface area contributed by atoms with Gasteiger partial charge in [-0.15, -0.1) is 0 Å². The van der Waals surface area contributed by atoms with Crippen molar-refractivity contribution in [3.8, 4) is 0 Å². The van der Waals surface area contributed by atoms with Gasteiger partial charge in [-0.1, -0.05) is 35.5 Å². The van der Waals surface area contributed by atoms with Crippen molar-refractivity contribution in [2.45, 2.75) is 37.7 Å². The van der Waals surface area contributed by atoms with E-state index in [0.717, 1.165) is 0 Å². The fraction of sp³-hybridized carbons (Fsp3) is 0.474. The molecule has 1 aromatic carbocycles. The van der Waals surface area contributed by atoms with Crippen LogP contribution in [-0.4, -0.2) is 48.5 Å². The maximum Gasteiger partial charge on any atom is 0.248 e. The number of hydrogen-bond acceptors (Lipinski definition) is 6. The molecule has 0 radical (unpaired) electrons. The van der Waals surface area contributed by atoms with Crippen molar-refractivity contribution in [1.29, 1.82) is 0 Å². The Bertz CT molecular complexity index is 907. The van der Waals surface area contributed by atoms with Crippen molar-refractivity contribution in [1.82, 2.24) is 14.8 Å². The van der Waals surface area contributed by atoms with Crippen LogP contribution in [0.5, 0.6) is 0 Å². The standard InChI is InChI=1S/C19H25N3O5S/c1-13-18(14(2)27-21-13)28(25,26)22-10-6-9-16(12-22)19(24)20-11-17(23)15-7-4-3-5-8-15/h3-5,7-8,16-17,23H,6,9-12H2,1-2H3,(H,20,24). The average molecular weight is 407 g/mol. The number of aromatic nitrogens is 1. The lowest BCUT2D eigenvalue weighted by Gasteiger charge is -2.31. The molecule has 1 aliphatic rings. The van der Waals surface area contributed by atoms with Gasteiger partial charge in [0, 0.05) is 19.6 Å². The van der Waals surface area contributed by atoms with Gasteiger partial charge in [0.1, 0.15) is 10.6 Å². The van der Waals surface area contributed by atoms with Crippen LogP contribution in [0, 0.1) is 19.8 Å². The third kappa shape index (κ3) is 4.26. The van der Waals surface area contributed by atoms with Crippen molar-refractivity contribution < 1.29 is 22.8 Å². The first-order valence-electron chi connectivity index (χ1n) is 9.24. The number of amides is 1. The number of nitrogens with one attached hydrogen (secondary N) is 1. The molecule has 2 unspecified atom stereocenters. The van der Waals surface area contributed by atoms with E-state index < -0.39 is 22.0 Å². The second-order valence-corrected chi connectivity index (χ2v) is 8.90. The second-order valence-electron chi connectivity index (χ2n) is 7.03. The SMILES string of the molecule is Cc1noc(C)c1S(=O)(=O)N1CCCC(C(=O)NCC(O)c2ccccc2)C1. The summed E-state index contributed by atoms with van der Waals surface area (Å²) in [7, 11) is -3.77. The summed E-state index contributed by atoms with van der Waals surface area (Å²) in [5.41, 5.74) is 1.03. The Morgan fingerprint density at radius 3 is 2.71 bits per heavy atom. The van der Waals surface area contributed by atoms with Gasteiger partial charge < -0.3 is 14.9 Å². The van der Waals surface area contributed by atoms with Gasteiger partial charge in [0.25, 0.3) is 0 Å². The number of aliphatic hydroxyl groups is 1. The zero-order valence-electron chi connectivity index (χ0n) is 16.0. The van der Waals surface area contributed by atoms with Crippen molar-refractivity contribution in [2.24, 2.45) is 5.92 Å². The number of benzene rings is 1. The first kappa shape index (κ1) is 20.5. The minimum absolute atomic E-state index is 0.0769. The van der Waals surface area contributed by atoms with Gasteiger partial charge in [-0.05, 0) is 32.3 Å². The fourth-order valence-corrected chi connectivity index (χ4v) is 5.30. The maximum absolute atomic E-state index is 13.0. The van der Waals surface area contributed by atoms with Gasteiger partial charge in [0.05, 0.1) is 12.0 Å². The summed E-state index contributed by atoms with van der Waals surface area (Å²) in [4.78, 5) is 12.6. The van der Waals surface area contributed by atoms with Crippen LogP contribution in [0.4, 0.5) is 0 Å². The van der Waals surface area contributed by atoms with E-state index in [1.54, 1.807) is 26.0 Å². The molecule has 28 heavy (non-hydrogen) atoms. The highest BCUT2D eigenvalue weighted by atomic mass is 32.2. The molecule has 2 aromatic rings. The molecule has 1 amide bonds. The molecule has 0 saturated carbocycles. The molecule has 2 atom stereocenters. The third-order valence-electron chi connectivity index (χ3n) is 4.97. The van der Waals surface area contributed by atoms with E-state index in [9.17, 15) is 18.3 Å². The summed E-state index contributed by atoms with van der Waals surface area (Å²) in [5, 5.41) is 16.7. The molecule has 9 heteroatoms. The molecule has 1 aliphatic heterocycles. The quantitative estimate of drug-likeness (QED) is 0.751. The maximum atomic E-state index is 13.0. The molecule has 0 aliphatic carbocycles. The van der Waals surface area contributed by atoms with Crippen molar-refractivity contribution in [3.63, 3.8) is 0 Å². The Labute approximate surface area is 164 Å². The number of nitrogens with zero attached hydrogens (tertiary/aromatic N) is 2.